The standard InChI is InChI=1S/C11H13N3S/c1-8-6-13-11(14-7-8)10(12)5-9-3-2-4-15-9/h2-4,6-7,10H,5,12H2,1H3. The quantitative estimate of drug-likeness (QED) is 0.860. The number of nitrogens with zero attached hydrogens (tertiary/aromatic N) is 2. The van der Waals surface area contributed by atoms with Gasteiger partial charge in [-0.25, -0.2) is 9.97 Å². The van der Waals surface area contributed by atoms with Gasteiger partial charge in [-0.15, -0.1) is 11.3 Å². The molecule has 0 saturated heterocycles. The first-order valence-electron chi connectivity index (χ1n) is 4.82. The van der Waals surface area contributed by atoms with Gasteiger partial charge in [0.25, 0.3) is 0 Å². The molecular formula is C11H13N3S. The van der Waals surface area contributed by atoms with Crippen molar-refractivity contribution in [2.24, 2.45) is 5.73 Å². The fraction of sp³-hybridized carbons (Fsp3) is 0.273. The summed E-state index contributed by atoms with van der Waals surface area (Å²) in [5.41, 5.74) is 7.08. The molecule has 0 spiro atoms. The summed E-state index contributed by atoms with van der Waals surface area (Å²) in [5.74, 6) is 0.717. The van der Waals surface area contributed by atoms with Crippen LogP contribution in [0.4, 0.5) is 0 Å². The molecule has 2 aromatic rings. The maximum absolute atomic E-state index is 6.02. The molecular weight excluding hydrogens is 206 g/mol. The molecule has 0 aliphatic carbocycles. The number of rotatable bonds is 3. The van der Waals surface area contributed by atoms with Gasteiger partial charge in [0, 0.05) is 23.7 Å². The van der Waals surface area contributed by atoms with Gasteiger partial charge in [-0.2, -0.15) is 0 Å². The highest BCUT2D eigenvalue weighted by Crippen LogP contribution is 2.16. The van der Waals surface area contributed by atoms with Crippen molar-refractivity contribution in [2.75, 3.05) is 0 Å². The van der Waals surface area contributed by atoms with E-state index in [1.165, 1.54) is 4.88 Å². The molecule has 4 heteroatoms. The van der Waals surface area contributed by atoms with Gasteiger partial charge < -0.3 is 5.73 Å². The third-order valence-electron chi connectivity index (χ3n) is 2.13. The highest BCUT2D eigenvalue weighted by molar-refractivity contribution is 7.09. The molecule has 15 heavy (non-hydrogen) atoms. The first-order chi connectivity index (χ1) is 7.25. The summed E-state index contributed by atoms with van der Waals surface area (Å²) in [6.45, 7) is 1.97. The van der Waals surface area contributed by atoms with Crippen LogP contribution in [-0.2, 0) is 6.42 Å². The molecule has 0 saturated carbocycles. The van der Waals surface area contributed by atoms with Crippen molar-refractivity contribution in [1.29, 1.82) is 0 Å². The molecule has 0 amide bonds. The molecule has 0 aliphatic rings. The molecule has 2 N–H and O–H groups in total. The van der Waals surface area contributed by atoms with Crippen LogP contribution in [0.2, 0.25) is 0 Å². The molecule has 2 aromatic heterocycles. The van der Waals surface area contributed by atoms with Crippen LogP contribution in [0.15, 0.2) is 29.9 Å². The van der Waals surface area contributed by atoms with Gasteiger partial charge in [0.15, 0.2) is 0 Å². The zero-order valence-electron chi connectivity index (χ0n) is 8.55. The summed E-state index contributed by atoms with van der Waals surface area (Å²) in [6.07, 6.45) is 4.41. The van der Waals surface area contributed by atoms with E-state index >= 15 is 0 Å². The topological polar surface area (TPSA) is 51.8 Å². The van der Waals surface area contributed by atoms with E-state index in [0.29, 0.717) is 5.82 Å². The largest absolute Gasteiger partial charge is 0.321 e. The highest BCUT2D eigenvalue weighted by Gasteiger charge is 2.10. The molecule has 3 nitrogen and oxygen atoms in total. The zero-order chi connectivity index (χ0) is 10.7. The molecule has 1 atom stereocenters. The van der Waals surface area contributed by atoms with Gasteiger partial charge in [-0.1, -0.05) is 6.07 Å². The number of hydrogen-bond donors (Lipinski definition) is 1. The summed E-state index contributed by atoms with van der Waals surface area (Å²) < 4.78 is 0. The number of aromatic nitrogens is 2. The van der Waals surface area contributed by atoms with E-state index < -0.39 is 0 Å². The Kier molecular flexibility index (Phi) is 3.08. The lowest BCUT2D eigenvalue weighted by molar-refractivity contribution is 0.671. The minimum atomic E-state index is -0.107. The van der Waals surface area contributed by atoms with E-state index in [0.717, 1.165) is 12.0 Å². The summed E-state index contributed by atoms with van der Waals surface area (Å²) >= 11 is 1.71. The Morgan fingerprint density at radius 3 is 2.73 bits per heavy atom. The summed E-state index contributed by atoms with van der Waals surface area (Å²) in [7, 11) is 0. The lowest BCUT2D eigenvalue weighted by Crippen LogP contribution is -2.16. The monoisotopic (exact) mass is 219 g/mol. The summed E-state index contributed by atoms with van der Waals surface area (Å²) in [5, 5.41) is 2.05. The average Bonchev–Trinajstić information content (AvgIpc) is 2.71. The second kappa shape index (κ2) is 4.51. The van der Waals surface area contributed by atoms with Crippen molar-refractivity contribution in [1.82, 2.24) is 9.97 Å². The molecule has 1 unspecified atom stereocenters. The summed E-state index contributed by atoms with van der Waals surface area (Å²) in [6, 6.07) is 4.01. The highest BCUT2D eigenvalue weighted by atomic mass is 32.1. The van der Waals surface area contributed by atoms with Crippen molar-refractivity contribution in [3.8, 4) is 0 Å². The van der Waals surface area contributed by atoms with E-state index in [1.54, 1.807) is 23.7 Å². The number of nitrogens with two attached hydrogens (primary N) is 1. The van der Waals surface area contributed by atoms with E-state index in [-0.39, 0.29) is 6.04 Å². The lowest BCUT2D eigenvalue weighted by Gasteiger charge is -2.08. The van der Waals surface area contributed by atoms with Crippen LogP contribution in [0.5, 0.6) is 0 Å². The molecule has 2 rings (SSSR count). The zero-order valence-corrected chi connectivity index (χ0v) is 9.37. The minimum absolute atomic E-state index is 0.107. The van der Waals surface area contributed by atoms with Crippen LogP contribution in [-0.4, -0.2) is 9.97 Å². The van der Waals surface area contributed by atoms with Crippen molar-refractivity contribution in [3.63, 3.8) is 0 Å². The van der Waals surface area contributed by atoms with Crippen molar-refractivity contribution in [3.05, 3.63) is 46.2 Å². The lowest BCUT2D eigenvalue weighted by atomic mass is 10.2. The van der Waals surface area contributed by atoms with Crippen molar-refractivity contribution < 1.29 is 0 Å². The molecule has 0 fully saturated rings. The van der Waals surface area contributed by atoms with Crippen LogP contribution < -0.4 is 5.73 Å². The minimum Gasteiger partial charge on any atom is -0.321 e. The Labute approximate surface area is 93.0 Å². The van der Waals surface area contributed by atoms with Gasteiger partial charge in [-0.3, -0.25) is 0 Å². The molecule has 0 bridgehead atoms. The Morgan fingerprint density at radius 1 is 1.40 bits per heavy atom. The predicted molar refractivity (Wildman–Crippen MR) is 61.7 cm³/mol. The predicted octanol–water partition coefficient (Wildman–Crippen LogP) is 2.09. The smallest absolute Gasteiger partial charge is 0.145 e. The fourth-order valence-corrected chi connectivity index (χ4v) is 2.10. The Morgan fingerprint density at radius 2 is 2.13 bits per heavy atom. The third-order valence-corrected chi connectivity index (χ3v) is 3.03. The number of thiophene rings is 1. The first-order valence-corrected chi connectivity index (χ1v) is 5.70. The Hall–Kier alpha value is -1.26. The normalized spacial score (nSPS) is 12.7. The molecule has 0 aromatic carbocycles. The molecule has 2 heterocycles. The van der Waals surface area contributed by atoms with Crippen LogP contribution in [0.3, 0.4) is 0 Å². The number of aryl methyl sites for hydroxylation is 1. The maximum atomic E-state index is 6.02. The Bertz CT molecular complexity index is 408. The third kappa shape index (κ3) is 2.61. The summed E-state index contributed by atoms with van der Waals surface area (Å²) in [4.78, 5) is 9.72. The van der Waals surface area contributed by atoms with Gasteiger partial charge in [0.05, 0.1) is 6.04 Å². The van der Waals surface area contributed by atoms with Gasteiger partial charge >= 0.3 is 0 Å². The van der Waals surface area contributed by atoms with E-state index in [1.807, 2.05) is 13.0 Å². The van der Waals surface area contributed by atoms with Crippen molar-refractivity contribution >= 4 is 11.3 Å². The van der Waals surface area contributed by atoms with Crippen molar-refractivity contribution in [2.45, 2.75) is 19.4 Å². The number of hydrogen-bond acceptors (Lipinski definition) is 4. The van der Waals surface area contributed by atoms with Gasteiger partial charge in [0.2, 0.25) is 0 Å². The van der Waals surface area contributed by atoms with Crippen LogP contribution in [0.25, 0.3) is 0 Å². The van der Waals surface area contributed by atoms with E-state index in [4.69, 9.17) is 5.73 Å². The SMILES string of the molecule is Cc1cnc(C(N)Cc2cccs2)nc1. The van der Waals surface area contributed by atoms with E-state index in [9.17, 15) is 0 Å². The Balaban J connectivity index is 2.08. The van der Waals surface area contributed by atoms with Crippen LogP contribution >= 0.6 is 11.3 Å². The van der Waals surface area contributed by atoms with Gasteiger partial charge in [0.1, 0.15) is 5.82 Å². The average molecular weight is 219 g/mol. The molecule has 0 aliphatic heterocycles. The van der Waals surface area contributed by atoms with Crippen LogP contribution in [0.1, 0.15) is 22.3 Å². The van der Waals surface area contributed by atoms with Crippen LogP contribution in [0, 0.1) is 6.92 Å². The fourth-order valence-electron chi connectivity index (χ4n) is 1.33. The molecule has 0 radical (unpaired) electrons. The van der Waals surface area contributed by atoms with Gasteiger partial charge in [-0.05, 0) is 23.9 Å². The first kappa shape index (κ1) is 10.3. The second-order valence-electron chi connectivity index (χ2n) is 3.51. The van der Waals surface area contributed by atoms with E-state index in [2.05, 4.69) is 21.4 Å². The maximum Gasteiger partial charge on any atom is 0.145 e. The second-order valence-corrected chi connectivity index (χ2v) is 4.54. The molecule has 78 valence electrons.